The van der Waals surface area contributed by atoms with Crippen LogP contribution in [0.15, 0.2) is 18.2 Å². The van der Waals surface area contributed by atoms with Crippen LogP contribution in [-0.2, 0) is 9.53 Å². The van der Waals surface area contributed by atoms with E-state index >= 15 is 0 Å². The monoisotopic (exact) mass is 280 g/mol. The van der Waals surface area contributed by atoms with Gasteiger partial charge in [0, 0.05) is 6.42 Å². The van der Waals surface area contributed by atoms with E-state index in [-0.39, 0.29) is 11.5 Å². The van der Waals surface area contributed by atoms with Gasteiger partial charge in [-0.25, -0.2) is 4.79 Å². The molecule has 0 saturated carbocycles. The molecule has 0 aliphatic heterocycles. The second kappa shape index (κ2) is 8.16. The summed E-state index contributed by atoms with van der Waals surface area (Å²) in [5.74, 6) is -0.136. The standard InChI is InChI=1S/C14H20N2O4/c1-15-8-4-5-13(17)16-12-7-6-10(19-2)9-11(12)14(18)20-3/h6-7,9,15H,4-5,8H2,1-3H3,(H,16,17). The lowest BCUT2D eigenvalue weighted by Gasteiger charge is -2.11. The fourth-order valence-electron chi connectivity index (χ4n) is 1.68. The van der Waals surface area contributed by atoms with Gasteiger partial charge in [-0.15, -0.1) is 0 Å². The molecule has 6 heteroatoms. The molecule has 0 atom stereocenters. The second-order valence-electron chi connectivity index (χ2n) is 4.16. The van der Waals surface area contributed by atoms with Crippen LogP contribution < -0.4 is 15.4 Å². The number of carbonyl (C=O) groups is 2. The van der Waals surface area contributed by atoms with E-state index in [1.807, 2.05) is 7.05 Å². The normalized spacial score (nSPS) is 9.95. The lowest BCUT2D eigenvalue weighted by molar-refractivity contribution is -0.116. The van der Waals surface area contributed by atoms with Crippen molar-refractivity contribution in [2.45, 2.75) is 12.8 Å². The van der Waals surface area contributed by atoms with Crippen molar-refractivity contribution in [3.05, 3.63) is 23.8 Å². The summed E-state index contributed by atoms with van der Waals surface area (Å²) >= 11 is 0. The molecule has 1 aromatic rings. The largest absolute Gasteiger partial charge is 0.497 e. The summed E-state index contributed by atoms with van der Waals surface area (Å²) < 4.78 is 9.76. The molecule has 2 N–H and O–H groups in total. The minimum atomic E-state index is -0.519. The first-order valence-corrected chi connectivity index (χ1v) is 6.33. The van der Waals surface area contributed by atoms with Gasteiger partial charge in [-0.2, -0.15) is 0 Å². The molecule has 0 saturated heterocycles. The first kappa shape index (κ1) is 16.0. The van der Waals surface area contributed by atoms with Crippen LogP contribution in [0.25, 0.3) is 0 Å². The number of nitrogens with one attached hydrogen (secondary N) is 2. The Morgan fingerprint density at radius 3 is 2.60 bits per heavy atom. The third-order valence-corrected chi connectivity index (χ3v) is 2.74. The van der Waals surface area contributed by atoms with Crippen molar-refractivity contribution in [3.63, 3.8) is 0 Å². The molecule has 0 spiro atoms. The van der Waals surface area contributed by atoms with Crippen LogP contribution in [0.2, 0.25) is 0 Å². The summed E-state index contributed by atoms with van der Waals surface area (Å²) in [5, 5.41) is 5.68. The highest BCUT2D eigenvalue weighted by molar-refractivity contribution is 6.01. The number of amides is 1. The first-order valence-electron chi connectivity index (χ1n) is 6.33. The smallest absolute Gasteiger partial charge is 0.340 e. The molecule has 1 rings (SSSR count). The topological polar surface area (TPSA) is 76.7 Å². The van der Waals surface area contributed by atoms with E-state index < -0.39 is 5.97 Å². The maximum atomic E-state index is 11.8. The maximum absolute atomic E-state index is 11.8. The van der Waals surface area contributed by atoms with Crippen molar-refractivity contribution in [1.29, 1.82) is 0 Å². The number of anilines is 1. The molecule has 0 heterocycles. The molecule has 0 radical (unpaired) electrons. The summed E-state index contributed by atoms with van der Waals surface area (Å²) in [5.41, 5.74) is 0.695. The summed E-state index contributed by atoms with van der Waals surface area (Å²) in [6.45, 7) is 0.764. The summed E-state index contributed by atoms with van der Waals surface area (Å²) in [4.78, 5) is 23.5. The predicted molar refractivity (Wildman–Crippen MR) is 76.1 cm³/mol. The fraction of sp³-hybridized carbons (Fsp3) is 0.429. The highest BCUT2D eigenvalue weighted by atomic mass is 16.5. The van der Waals surface area contributed by atoms with Gasteiger partial charge in [0.25, 0.3) is 0 Å². The fourth-order valence-corrected chi connectivity index (χ4v) is 1.68. The SMILES string of the molecule is CNCCCC(=O)Nc1ccc(OC)cc1C(=O)OC. The molecule has 6 nitrogen and oxygen atoms in total. The zero-order chi connectivity index (χ0) is 15.0. The number of carbonyl (C=O) groups excluding carboxylic acids is 2. The van der Waals surface area contributed by atoms with Gasteiger partial charge in [-0.05, 0) is 38.2 Å². The number of methoxy groups -OCH3 is 2. The third kappa shape index (κ3) is 4.55. The van der Waals surface area contributed by atoms with Crippen molar-refractivity contribution in [2.75, 3.05) is 33.1 Å². The van der Waals surface area contributed by atoms with Crippen LogP contribution in [-0.4, -0.2) is 39.7 Å². The van der Waals surface area contributed by atoms with Crippen LogP contribution in [0.5, 0.6) is 5.75 Å². The number of benzene rings is 1. The van der Waals surface area contributed by atoms with Gasteiger partial charge in [-0.1, -0.05) is 0 Å². The van der Waals surface area contributed by atoms with Gasteiger partial charge >= 0.3 is 5.97 Å². The van der Waals surface area contributed by atoms with Gasteiger partial charge in [-0.3, -0.25) is 4.79 Å². The molecule has 0 aromatic heterocycles. The Morgan fingerprint density at radius 1 is 1.25 bits per heavy atom. The Labute approximate surface area is 118 Å². The molecule has 20 heavy (non-hydrogen) atoms. The van der Waals surface area contributed by atoms with E-state index in [0.717, 1.165) is 13.0 Å². The van der Waals surface area contributed by atoms with Crippen molar-refractivity contribution in [1.82, 2.24) is 5.32 Å². The average Bonchev–Trinajstić information content (AvgIpc) is 2.47. The molecule has 0 aliphatic carbocycles. The Balaban J connectivity index is 2.82. The van der Waals surface area contributed by atoms with Crippen LogP contribution in [0, 0.1) is 0 Å². The summed E-state index contributed by atoms with van der Waals surface area (Å²) in [6.07, 6.45) is 1.11. The second-order valence-corrected chi connectivity index (χ2v) is 4.16. The third-order valence-electron chi connectivity index (χ3n) is 2.74. The molecule has 1 amide bonds. The Morgan fingerprint density at radius 2 is 2.00 bits per heavy atom. The van der Waals surface area contributed by atoms with E-state index in [0.29, 0.717) is 17.9 Å². The van der Waals surface area contributed by atoms with Crippen LogP contribution in [0.1, 0.15) is 23.2 Å². The van der Waals surface area contributed by atoms with E-state index in [1.165, 1.54) is 20.3 Å². The van der Waals surface area contributed by atoms with E-state index in [1.54, 1.807) is 12.1 Å². The van der Waals surface area contributed by atoms with E-state index in [2.05, 4.69) is 10.6 Å². The van der Waals surface area contributed by atoms with Crippen molar-refractivity contribution in [3.8, 4) is 5.75 Å². The molecular formula is C14H20N2O4. The average molecular weight is 280 g/mol. The number of hydrogen-bond acceptors (Lipinski definition) is 5. The molecule has 0 fully saturated rings. The molecule has 110 valence electrons. The molecule has 1 aromatic carbocycles. The van der Waals surface area contributed by atoms with Crippen LogP contribution in [0.3, 0.4) is 0 Å². The first-order chi connectivity index (χ1) is 9.62. The Kier molecular flexibility index (Phi) is 6.52. The van der Waals surface area contributed by atoms with Crippen LogP contribution in [0.4, 0.5) is 5.69 Å². The minimum Gasteiger partial charge on any atom is -0.497 e. The zero-order valence-electron chi connectivity index (χ0n) is 12.0. The van der Waals surface area contributed by atoms with Gasteiger partial charge in [0.05, 0.1) is 25.5 Å². The Hall–Kier alpha value is -2.08. The van der Waals surface area contributed by atoms with Crippen LogP contribution >= 0.6 is 0 Å². The van der Waals surface area contributed by atoms with Gasteiger partial charge in [0.2, 0.25) is 5.91 Å². The van der Waals surface area contributed by atoms with E-state index in [9.17, 15) is 9.59 Å². The molecule has 0 bridgehead atoms. The molecular weight excluding hydrogens is 260 g/mol. The lowest BCUT2D eigenvalue weighted by atomic mass is 10.1. The minimum absolute atomic E-state index is 0.143. The summed E-state index contributed by atoms with van der Waals surface area (Å²) in [6, 6.07) is 4.84. The lowest BCUT2D eigenvalue weighted by Crippen LogP contribution is -2.17. The quantitative estimate of drug-likeness (QED) is 0.583. The maximum Gasteiger partial charge on any atom is 0.340 e. The Bertz CT molecular complexity index is 474. The van der Waals surface area contributed by atoms with E-state index in [4.69, 9.17) is 9.47 Å². The zero-order valence-corrected chi connectivity index (χ0v) is 12.0. The van der Waals surface area contributed by atoms with Gasteiger partial charge in [0.15, 0.2) is 0 Å². The van der Waals surface area contributed by atoms with Crippen molar-refractivity contribution >= 4 is 17.6 Å². The predicted octanol–water partition coefficient (Wildman–Crippen LogP) is 1.42. The summed E-state index contributed by atoms with van der Waals surface area (Å²) in [7, 11) is 4.63. The number of esters is 1. The number of hydrogen-bond donors (Lipinski definition) is 2. The van der Waals surface area contributed by atoms with Gasteiger partial charge in [0.1, 0.15) is 5.75 Å². The molecule has 0 unspecified atom stereocenters. The molecule has 0 aliphatic rings. The van der Waals surface area contributed by atoms with Crippen molar-refractivity contribution in [2.24, 2.45) is 0 Å². The number of rotatable bonds is 7. The number of ether oxygens (including phenoxy) is 2. The highest BCUT2D eigenvalue weighted by Crippen LogP contribution is 2.23. The highest BCUT2D eigenvalue weighted by Gasteiger charge is 2.15. The van der Waals surface area contributed by atoms with Gasteiger partial charge < -0.3 is 20.1 Å². The van der Waals surface area contributed by atoms with Crippen molar-refractivity contribution < 1.29 is 19.1 Å².